The van der Waals surface area contributed by atoms with Crippen molar-refractivity contribution in [3.8, 4) is 0 Å². The third-order valence-corrected chi connectivity index (χ3v) is 6.44. The fourth-order valence-corrected chi connectivity index (χ4v) is 4.51. The van der Waals surface area contributed by atoms with Crippen LogP contribution in [0.4, 0.5) is 0 Å². The summed E-state index contributed by atoms with van der Waals surface area (Å²) in [7, 11) is 1.80. The summed E-state index contributed by atoms with van der Waals surface area (Å²) in [6.45, 7) is 6.26. The van der Waals surface area contributed by atoms with Crippen molar-refractivity contribution < 1.29 is 9.47 Å². The summed E-state index contributed by atoms with van der Waals surface area (Å²) in [5.74, 6) is 0. The Morgan fingerprint density at radius 1 is 1.35 bits per heavy atom. The zero-order valence-corrected chi connectivity index (χ0v) is 15.0. The first-order valence-corrected chi connectivity index (χ1v) is 17.2. The summed E-state index contributed by atoms with van der Waals surface area (Å²) in [4.78, 5) is 7.22. The number of methoxy groups -OCH3 is 1. The van der Waals surface area contributed by atoms with Gasteiger partial charge in [0.05, 0.1) is 0 Å². The molecule has 0 aromatic carbocycles. The quantitative estimate of drug-likeness (QED) is 0.557. The van der Waals surface area contributed by atoms with Gasteiger partial charge in [-0.3, -0.25) is 0 Å². The van der Waals surface area contributed by atoms with Gasteiger partial charge in [-0.2, -0.15) is 0 Å². The zero-order chi connectivity index (χ0) is 13.1. The second kappa shape index (κ2) is 6.07. The van der Waals surface area contributed by atoms with Gasteiger partial charge in [0, 0.05) is 0 Å². The first-order valence-electron chi connectivity index (χ1n) is 6.64. The van der Waals surface area contributed by atoms with E-state index in [1.165, 1.54) is 12.8 Å². The van der Waals surface area contributed by atoms with Gasteiger partial charge in [0.1, 0.15) is 0 Å². The van der Waals surface area contributed by atoms with Crippen molar-refractivity contribution >= 4 is 18.4 Å². The van der Waals surface area contributed by atoms with Crippen LogP contribution in [-0.4, -0.2) is 41.8 Å². The van der Waals surface area contributed by atoms with Gasteiger partial charge in [0.25, 0.3) is 0 Å². The molecular weight excluding hydrogens is 319 g/mol. The Morgan fingerprint density at radius 2 is 2.00 bits per heavy atom. The Morgan fingerprint density at radius 3 is 2.47 bits per heavy atom. The van der Waals surface area contributed by atoms with E-state index in [2.05, 4.69) is 28.3 Å². The molecule has 0 aromatic rings. The predicted molar refractivity (Wildman–Crippen MR) is 76.1 cm³/mol. The average molecular weight is 347 g/mol. The summed E-state index contributed by atoms with van der Waals surface area (Å²) in [6.07, 6.45) is 4.84. The van der Waals surface area contributed by atoms with Crippen LogP contribution in [0.25, 0.3) is 0 Å². The minimum absolute atomic E-state index is 0.197. The molecule has 2 nitrogen and oxygen atoms in total. The van der Waals surface area contributed by atoms with Crippen molar-refractivity contribution in [3.05, 3.63) is 12.2 Å². The molecule has 0 amide bonds. The Labute approximate surface area is 111 Å². The third-order valence-electron chi connectivity index (χ3n) is 3.55. The fourth-order valence-electron chi connectivity index (χ4n) is 2.54. The van der Waals surface area contributed by atoms with E-state index in [4.69, 9.17) is 9.47 Å². The Hall–Kier alpha value is 0.459. The van der Waals surface area contributed by atoms with Crippen LogP contribution in [0.2, 0.25) is 14.8 Å². The molecule has 0 N–H and O–H groups in total. The Kier molecular flexibility index (Phi) is 5.54. The molecule has 1 aliphatic carbocycles. The van der Waals surface area contributed by atoms with E-state index in [0.717, 1.165) is 23.0 Å². The molecule has 0 aliphatic heterocycles. The molecular formula is C14H28O2Sn. The SMILES string of the molecule is C=C(C)[C@@]1(O[CH2][Sn]([CH3])([CH3])[CH3])CCCC[C@@H]1OC. The molecule has 0 bridgehead atoms. The second-order valence-corrected chi connectivity index (χ2v) is 21.9. The average Bonchev–Trinajstić information content (AvgIpc) is 2.25. The van der Waals surface area contributed by atoms with Gasteiger partial charge in [-0.25, -0.2) is 0 Å². The normalized spacial score (nSPS) is 30.3. The van der Waals surface area contributed by atoms with Crippen LogP contribution in [0.15, 0.2) is 12.2 Å². The van der Waals surface area contributed by atoms with Crippen molar-refractivity contribution in [2.75, 3.05) is 11.7 Å². The summed E-state index contributed by atoms with van der Waals surface area (Å²) in [5, 5.41) is 0. The van der Waals surface area contributed by atoms with E-state index in [-0.39, 0.29) is 11.7 Å². The molecule has 17 heavy (non-hydrogen) atoms. The van der Waals surface area contributed by atoms with Crippen molar-refractivity contribution in [2.45, 2.75) is 59.1 Å². The van der Waals surface area contributed by atoms with E-state index in [1.807, 2.05) is 0 Å². The van der Waals surface area contributed by atoms with E-state index in [0.29, 0.717) is 0 Å². The van der Waals surface area contributed by atoms with Gasteiger partial charge in [-0.05, 0) is 0 Å². The van der Waals surface area contributed by atoms with Gasteiger partial charge in [0.2, 0.25) is 0 Å². The van der Waals surface area contributed by atoms with Gasteiger partial charge < -0.3 is 0 Å². The van der Waals surface area contributed by atoms with Crippen LogP contribution < -0.4 is 0 Å². The fraction of sp³-hybridized carbons (Fsp3) is 0.857. The molecule has 1 fully saturated rings. The second-order valence-electron chi connectivity index (χ2n) is 6.49. The van der Waals surface area contributed by atoms with Gasteiger partial charge in [-0.15, -0.1) is 0 Å². The number of ether oxygens (including phenoxy) is 2. The first-order chi connectivity index (χ1) is 7.82. The summed E-state index contributed by atoms with van der Waals surface area (Å²) in [5.41, 5.74) is 0.927. The Bertz CT molecular complexity index is 270. The van der Waals surface area contributed by atoms with Crippen LogP contribution >= 0.6 is 0 Å². The summed E-state index contributed by atoms with van der Waals surface area (Å²) in [6, 6.07) is 0. The number of hydrogen-bond acceptors (Lipinski definition) is 2. The molecule has 1 aliphatic rings. The molecule has 1 saturated carbocycles. The number of rotatable bonds is 5. The molecule has 0 unspecified atom stereocenters. The van der Waals surface area contributed by atoms with Crippen LogP contribution in [0.5, 0.6) is 0 Å². The molecule has 100 valence electrons. The molecule has 3 heteroatoms. The van der Waals surface area contributed by atoms with Gasteiger partial charge >= 0.3 is 111 Å². The first kappa shape index (κ1) is 15.5. The maximum absolute atomic E-state index is 6.37. The molecule has 1 rings (SSSR count). The van der Waals surface area contributed by atoms with Crippen molar-refractivity contribution in [1.29, 1.82) is 0 Å². The Balaban J connectivity index is 2.83. The molecule has 2 atom stereocenters. The van der Waals surface area contributed by atoms with Gasteiger partial charge in [-0.1, -0.05) is 0 Å². The predicted octanol–water partition coefficient (Wildman–Crippen LogP) is 3.78. The van der Waals surface area contributed by atoms with Crippen LogP contribution in [0.1, 0.15) is 32.6 Å². The van der Waals surface area contributed by atoms with Crippen molar-refractivity contribution in [3.63, 3.8) is 0 Å². The minimum atomic E-state index is -1.90. The zero-order valence-electron chi connectivity index (χ0n) is 12.1. The van der Waals surface area contributed by atoms with Crippen molar-refractivity contribution in [2.24, 2.45) is 0 Å². The topological polar surface area (TPSA) is 18.5 Å². The molecule has 0 spiro atoms. The van der Waals surface area contributed by atoms with Crippen LogP contribution in [0.3, 0.4) is 0 Å². The molecule has 0 aromatic heterocycles. The van der Waals surface area contributed by atoms with Gasteiger partial charge in [0.15, 0.2) is 0 Å². The van der Waals surface area contributed by atoms with Crippen LogP contribution in [0, 0.1) is 0 Å². The van der Waals surface area contributed by atoms with E-state index < -0.39 is 18.4 Å². The molecule has 0 radical (unpaired) electrons. The monoisotopic (exact) mass is 348 g/mol. The maximum atomic E-state index is 6.37. The summed E-state index contributed by atoms with van der Waals surface area (Å²) < 4.78 is 13.0. The van der Waals surface area contributed by atoms with E-state index in [1.54, 1.807) is 7.11 Å². The number of hydrogen-bond donors (Lipinski definition) is 0. The van der Waals surface area contributed by atoms with E-state index in [9.17, 15) is 0 Å². The standard InChI is InChI=1S/C11H19O2.3CH3.Sn/c1-9(2)11(13-4)8-6-5-7-10(11)12-3;;;;/h10H,1,4-8H2,2-3H3;3*1H3;/t10-,11-;;;;/m0..../s1. The van der Waals surface area contributed by atoms with Crippen molar-refractivity contribution in [1.82, 2.24) is 0 Å². The molecule has 0 saturated heterocycles. The summed E-state index contributed by atoms with van der Waals surface area (Å²) >= 11 is -1.90. The van der Waals surface area contributed by atoms with Crippen LogP contribution in [-0.2, 0) is 9.47 Å². The molecule has 0 heterocycles. The third kappa shape index (κ3) is 3.96. The van der Waals surface area contributed by atoms with E-state index >= 15 is 0 Å².